The SMILES string of the molecule is COc1ccc(CN/N=C/c2ccc(-c3ccc([N+](=O)[O-])cc3Cl)o2)cc1OC. The van der Waals surface area contributed by atoms with Crippen molar-refractivity contribution in [3.63, 3.8) is 0 Å². The molecule has 0 spiro atoms. The number of methoxy groups -OCH3 is 2. The molecule has 0 saturated heterocycles. The fraction of sp³-hybridized carbons (Fsp3) is 0.150. The first-order valence-corrected chi connectivity index (χ1v) is 8.90. The van der Waals surface area contributed by atoms with Crippen LogP contribution in [0.2, 0.25) is 5.02 Å². The second-order valence-corrected chi connectivity index (χ2v) is 6.31. The summed E-state index contributed by atoms with van der Waals surface area (Å²) in [7, 11) is 3.17. The molecule has 9 heteroatoms. The van der Waals surface area contributed by atoms with Crippen LogP contribution in [-0.2, 0) is 6.54 Å². The van der Waals surface area contributed by atoms with Crippen LogP contribution >= 0.6 is 11.6 Å². The Balaban J connectivity index is 1.63. The lowest BCUT2D eigenvalue weighted by atomic mass is 10.1. The van der Waals surface area contributed by atoms with Gasteiger partial charge in [-0.25, -0.2) is 0 Å². The molecule has 0 saturated carbocycles. The number of hydrogen-bond donors (Lipinski definition) is 1. The van der Waals surface area contributed by atoms with E-state index in [-0.39, 0.29) is 10.7 Å². The van der Waals surface area contributed by atoms with Gasteiger partial charge in [0.1, 0.15) is 11.5 Å². The molecule has 0 amide bonds. The van der Waals surface area contributed by atoms with E-state index in [1.807, 2.05) is 18.2 Å². The van der Waals surface area contributed by atoms with Crippen LogP contribution in [0.3, 0.4) is 0 Å². The fourth-order valence-electron chi connectivity index (χ4n) is 2.62. The molecule has 2 aromatic carbocycles. The number of halogens is 1. The van der Waals surface area contributed by atoms with E-state index in [0.29, 0.717) is 35.1 Å². The first-order valence-electron chi connectivity index (χ1n) is 8.53. The molecule has 0 bridgehead atoms. The lowest BCUT2D eigenvalue weighted by molar-refractivity contribution is -0.384. The van der Waals surface area contributed by atoms with E-state index in [1.54, 1.807) is 32.4 Å². The summed E-state index contributed by atoms with van der Waals surface area (Å²) < 4.78 is 16.2. The van der Waals surface area contributed by atoms with Crippen LogP contribution < -0.4 is 14.9 Å². The van der Waals surface area contributed by atoms with Gasteiger partial charge in [-0.15, -0.1) is 0 Å². The second kappa shape index (κ2) is 9.11. The molecule has 0 aliphatic rings. The smallest absolute Gasteiger partial charge is 0.270 e. The highest BCUT2D eigenvalue weighted by molar-refractivity contribution is 6.33. The molecular weight excluding hydrogens is 398 g/mol. The maximum absolute atomic E-state index is 10.8. The van der Waals surface area contributed by atoms with Gasteiger partial charge in [0.25, 0.3) is 5.69 Å². The summed E-state index contributed by atoms with van der Waals surface area (Å²) in [5.41, 5.74) is 4.39. The van der Waals surface area contributed by atoms with Crippen molar-refractivity contribution in [2.24, 2.45) is 5.10 Å². The number of ether oxygens (including phenoxy) is 2. The normalized spacial score (nSPS) is 10.9. The van der Waals surface area contributed by atoms with Gasteiger partial charge in [-0.05, 0) is 35.9 Å². The number of nitrogens with zero attached hydrogens (tertiary/aromatic N) is 2. The third-order valence-electron chi connectivity index (χ3n) is 4.07. The molecule has 1 heterocycles. The molecule has 0 aliphatic carbocycles. The van der Waals surface area contributed by atoms with Gasteiger partial charge in [-0.3, -0.25) is 10.1 Å². The number of hydrazone groups is 1. The van der Waals surface area contributed by atoms with Crippen LogP contribution in [0, 0.1) is 10.1 Å². The molecule has 1 N–H and O–H groups in total. The highest BCUT2D eigenvalue weighted by atomic mass is 35.5. The zero-order valence-electron chi connectivity index (χ0n) is 15.7. The van der Waals surface area contributed by atoms with Crippen molar-refractivity contribution >= 4 is 23.5 Å². The average Bonchev–Trinajstić information content (AvgIpc) is 3.19. The second-order valence-electron chi connectivity index (χ2n) is 5.91. The highest BCUT2D eigenvalue weighted by Gasteiger charge is 2.13. The van der Waals surface area contributed by atoms with Crippen molar-refractivity contribution in [2.45, 2.75) is 6.54 Å². The molecule has 29 heavy (non-hydrogen) atoms. The zero-order valence-corrected chi connectivity index (χ0v) is 16.5. The molecule has 3 aromatic rings. The zero-order chi connectivity index (χ0) is 20.8. The molecule has 1 aromatic heterocycles. The lowest BCUT2D eigenvalue weighted by Crippen LogP contribution is -2.05. The van der Waals surface area contributed by atoms with Gasteiger partial charge in [0.05, 0.1) is 36.9 Å². The summed E-state index contributed by atoms with van der Waals surface area (Å²) in [5, 5.41) is 15.2. The van der Waals surface area contributed by atoms with Crippen LogP contribution in [0.5, 0.6) is 11.5 Å². The number of furan rings is 1. The Morgan fingerprint density at radius 3 is 2.62 bits per heavy atom. The van der Waals surface area contributed by atoms with Gasteiger partial charge < -0.3 is 19.3 Å². The lowest BCUT2D eigenvalue weighted by Gasteiger charge is -2.09. The van der Waals surface area contributed by atoms with E-state index < -0.39 is 4.92 Å². The van der Waals surface area contributed by atoms with Crippen molar-refractivity contribution < 1.29 is 18.8 Å². The summed E-state index contributed by atoms with van der Waals surface area (Å²) in [6.07, 6.45) is 1.53. The highest BCUT2D eigenvalue weighted by Crippen LogP contribution is 2.32. The van der Waals surface area contributed by atoms with E-state index >= 15 is 0 Å². The molecular formula is C20H18ClN3O5. The van der Waals surface area contributed by atoms with Crippen molar-refractivity contribution in [3.05, 3.63) is 75.0 Å². The van der Waals surface area contributed by atoms with Crippen LogP contribution in [0.15, 0.2) is 58.0 Å². The molecule has 8 nitrogen and oxygen atoms in total. The summed E-state index contributed by atoms with van der Waals surface area (Å²) in [6.45, 7) is 0.485. The molecule has 3 rings (SSSR count). The molecule has 0 radical (unpaired) electrons. The third-order valence-corrected chi connectivity index (χ3v) is 4.38. The summed E-state index contributed by atoms with van der Waals surface area (Å²) in [5.74, 6) is 2.31. The van der Waals surface area contributed by atoms with Crippen molar-refractivity contribution in [3.8, 4) is 22.8 Å². The minimum absolute atomic E-state index is 0.0774. The van der Waals surface area contributed by atoms with Gasteiger partial charge in [0, 0.05) is 17.7 Å². The van der Waals surface area contributed by atoms with Gasteiger partial charge in [0.15, 0.2) is 11.5 Å². The maximum atomic E-state index is 10.8. The van der Waals surface area contributed by atoms with Crippen LogP contribution in [0.25, 0.3) is 11.3 Å². The topological polar surface area (TPSA) is 99.1 Å². The number of non-ortho nitro benzene ring substituents is 1. The Morgan fingerprint density at radius 1 is 1.14 bits per heavy atom. The number of nitro groups is 1. The van der Waals surface area contributed by atoms with Crippen LogP contribution in [-0.4, -0.2) is 25.4 Å². The number of nitro benzene ring substituents is 1. The minimum Gasteiger partial charge on any atom is -0.493 e. The Bertz CT molecular complexity index is 1050. The number of nitrogens with one attached hydrogen (secondary N) is 1. The predicted molar refractivity (Wildman–Crippen MR) is 110 cm³/mol. The minimum atomic E-state index is -0.500. The van der Waals surface area contributed by atoms with Gasteiger partial charge in [0.2, 0.25) is 0 Å². The molecule has 0 aliphatic heterocycles. The summed E-state index contributed by atoms with van der Waals surface area (Å²) in [6, 6.07) is 13.3. The van der Waals surface area contributed by atoms with E-state index in [2.05, 4.69) is 10.5 Å². The Kier molecular flexibility index (Phi) is 6.36. The first-order chi connectivity index (χ1) is 14.0. The van der Waals surface area contributed by atoms with Crippen molar-refractivity contribution in [1.82, 2.24) is 5.43 Å². The van der Waals surface area contributed by atoms with Crippen LogP contribution in [0.4, 0.5) is 5.69 Å². The largest absolute Gasteiger partial charge is 0.493 e. The molecule has 0 atom stereocenters. The van der Waals surface area contributed by atoms with E-state index in [9.17, 15) is 10.1 Å². The number of rotatable bonds is 8. The Hall–Kier alpha value is -3.52. The summed E-state index contributed by atoms with van der Waals surface area (Å²) >= 11 is 6.13. The fourth-order valence-corrected chi connectivity index (χ4v) is 2.89. The monoisotopic (exact) mass is 415 g/mol. The maximum Gasteiger partial charge on any atom is 0.270 e. The van der Waals surface area contributed by atoms with Gasteiger partial charge in [-0.1, -0.05) is 17.7 Å². The van der Waals surface area contributed by atoms with E-state index in [0.717, 1.165) is 5.56 Å². The standard InChI is InChI=1S/C20H18ClN3O5/c1-27-19-7-3-13(9-20(19)28-2)11-22-23-12-15-5-8-18(29-15)16-6-4-14(24(25)26)10-17(16)21/h3-10,12,22H,11H2,1-2H3/b23-12+. The predicted octanol–water partition coefficient (Wildman–Crippen LogP) is 4.65. The average molecular weight is 416 g/mol. The third kappa shape index (κ3) is 4.85. The van der Waals surface area contributed by atoms with Gasteiger partial charge in [-0.2, -0.15) is 5.10 Å². The molecule has 0 unspecified atom stereocenters. The first kappa shape index (κ1) is 20.2. The van der Waals surface area contributed by atoms with E-state index in [4.69, 9.17) is 25.5 Å². The van der Waals surface area contributed by atoms with Crippen molar-refractivity contribution in [1.29, 1.82) is 0 Å². The Labute approximate surface area is 171 Å². The van der Waals surface area contributed by atoms with E-state index in [1.165, 1.54) is 18.3 Å². The van der Waals surface area contributed by atoms with Gasteiger partial charge >= 0.3 is 0 Å². The number of benzene rings is 2. The molecule has 150 valence electrons. The Morgan fingerprint density at radius 2 is 1.93 bits per heavy atom. The quantitative estimate of drug-likeness (QED) is 0.326. The molecule has 0 fully saturated rings. The van der Waals surface area contributed by atoms with Crippen molar-refractivity contribution in [2.75, 3.05) is 14.2 Å². The van der Waals surface area contributed by atoms with Crippen LogP contribution in [0.1, 0.15) is 11.3 Å². The summed E-state index contributed by atoms with van der Waals surface area (Å²) in [4.78, 5) is 10.3. The number of hydrogen-bond acceptors (Lipinski definition) is 7.